The van der Waals surface area contributed by atoms with E-state index >= 15 is 0 Å². The van der Waals surface area contributed by atoms with Gasteiger partial charge in [0.15, 0.2) is 0 Å². The van der Waals surface area contributed by atoms with Crippen molar-refractivity contribution >= 4 is 12.0 Å². The second kappa shape index (κ2) is 7.05. The normalized spacial score (nSPS) is 19.9. The Balaban J connectivity index is 1.89. The number of likely N-dealkylation sites (tertiary alicyclic amines) is 1. The lowest BCUT2D eigenvalue weighted by Gasteiger charge is -2.20. The molecule has 2 rings (SSSR count). The number of hydrogen-bond acceptors (Lipinski definition) is 2. The molecule has 0 spiro atoms. The van der Waals surface area contributed by atoms with E-state index in [0.717, 1.165) is 12.1 Å². The monoisotopic (exact) mass is 354 g/mol. The molecule has 1 saturated heterocycles. The molecule has 5 nitrogen and oxygen atoms in total. The van der Waals surface area contributed by atoms with Gasteiger partial charge in [0.05, 0.1) is 17.5 Å². The summed E-state index contributed by atoms with van der Waals surface area (Å²) in [4.78, 5) is 24.5. The summed E-state index contributed by atoms with van der Waals surface area (Å²) >= 11 is 0. The first kappa shape index (κ1) is 18.6. The lowest BCUT2D eigenvalue weighted by Crippen LogP contribution is -2.41. The number of amides is 2. The number of benzene rings is 1. The Bertz CT molecular complexity index is 737. The van der Waals surface area contributed by atoms with Crippen LogP contribution < -0.4 is 5.32 Å². The number of carboxylic acids is 1. The van der Waals surface area contributed by atoms with Crippen molar-refractivity contribution < 1.29 is 27.9 Å². The molecule has 8 heteroatoms. The molecule has 1 atom stereocenters. The van der Waals surface area contributed by atoms with Gasteiger partial charge in [-0.3, -0.25) is 4.79 Å². The standard InChI is InChI=1S/C17H17F3N2O3/c1-16(14(23)24)7-9-22(11-16)15(25)21-8-3-5-12-4-2-6-13(10-12)17(18,19)20/h2,4,6,10H,7-9,11H2,1H3,(H,21,25)(H,23,24). The average molecular weight is 354 g/mol. The van der Waals surface area contributed by atoms with Crippen LogP contribution in [0.25, 0.3) is 0 Å². The van der Waals surface area contributed by atoms with Gasteiger partial charge in [0.2, 0.25) is 0 Å². The Hall–Kier alpha value is -2.69. The van der Waals surface area contributed by atoms with Gasteiger partial charge in [-0.15, -0.1) is 0 Å². The van der Waals surface area contributed by atoms with Gasteiger partial charge in [-0.2, -0.15) is 13.2 Å². The highest BCUT2D eigenvalue weighted by Gasteiger charge is 2.42. The van der Waals surface area contributed by atoms with Crippen LogP contribution in [-0.4, -0.2) is 41.6 Å². The third-order valence-electron chi connectivity index (χ3n) is 4.03. The first-order valence-electron chi connectivity index (χ1n) is 7.54. The number of nitrogens with one attached hydrogen (secondary N) is 1. The third-order valence-corrected chi connectivity index (χ3v) is 4.03. The van der Waals surface area contributed by atoms with E-state index < -0.39 is 29.2 Å². The summed E-state index contributed by atoms with van der Waals surface area (Å²) in [6.45, 7) is 1.97. The van der Waals surface area contributed by atoms with Crippen molar-refractivity contribution in [2.45, 2.75) is 19.5 Å². The average Bonchev–Trinajstić information content (AvgIpc) is 2.95. The van der Waals surface area contributed by atoms with Crippen LogP contribution in [0, 0.1) is 17.3 Å². The summed E-state index contributed by atoms with van der Waals surface area (Å²) in [5.41, 5.74) is -1.54. The highest BCUT2D eigenvalue weighted by Crippen LogP contribution is 2.30. The molecule has 134 valence electrons. The molecule has 1 unspecified atom stereocenters. The number of carboxylic acid groups (broad SMARTS) is 1. The Morgan fingerprint density at radius 3 is 2.72 bits per heavy atom. The number of carbonyl (C=O) groups is 2. The second-order valence-electron chi connectivity index (χ2n) is 6.08. The van der Waals surface area contributed by atoms with E-state index in [0.29, 0.717) is 13.0 Å². The molecule has 1 aliphatic heterocycles. The molecule has 0 aromatic heterocycles. The summed E-state index contributed by atoms with van der Waals surface area (Å²) in [6.07, 6.45) is -4.07. The minimum Gasteiger partial charge on any atom is -0.481 e. The van der Waals surface area contributed by atoms with E-state index in [-0.39, 0.29) is 18.7 Å². The molecule has 2 N–H and O–H groups in total. The van der Waals surface area contributed by atoms with Crippen molar-refractivity contribution in [1.29, 1.82) is 0 Å². The minimum atomic E-state index is -4.43. The molecule has 0 aliphatic carbocycles. The highest BCUT2D eigenvalue weighted by atomic mass is 19.4. The summed E-state index contributed by atoms with van der Waals surface area (Å²) < 4.78 is 37.8. The first-order chi connectivity index (χ1) is 11.6. The number of halogens is 3. The van der Waals surface area contributed by atoms with Gasteiger partial charge < -0.3 is 15.3 Å². The summed E-state index contributed by atoms with van der Waals surface area (Å²) in [6, 6.07) is 4.17. The van der Waals surface area contributed by atoms with Gasteiger partial charge in [-0.05, 0) is 31.5 Å². The molecular weight excluding hydrogens is 337 g/mol. The summed E-state index contributed by atoms with van der Waals surface area (Å²) in [7, 11) is 0. The molecule has 1 heterocycles. The molecular formula is C17H17F3N2O3. The van der Waals surface area contributed by atoms with Gasteiger partial charge in [-0.25, -0.2) is 4.79 Å². The lowest BCUT2D eigenvalue weighted by molar-refractivity contribution is -0.147. The smallest absolute Gasteiger partial charge is 0.416 e. The summed E-state index contributed by atoms with van der Waals surface area (Å²) in [5, 5.41) is 11.6. The third kappa shape index (κ3) is 4.66. The minimum absolute atomic E-state index is 0.0463. The lowest BCUT2D eigenvalue weighted by atomic mass is 9.90. The number of carbonyl (C=O) groups excluding carboxylic acids is 1. The predicted octanol–water partition coefficient (Wildman–Crippen LogP) is 2.56. The van der Waals surface area contributed by atoms with Gasteiger partial charge >= 0.3 is 18.2 Å². The topological polar surface area (TPSA) is 69.6 Å². The fourth-order valence-corrected chi connectivity index (χ4v) is 2.46. The fraction of sp³-hybridized carbons (Fsp3) is 0.412. The SMILES string of the molecule is CC1(C(=O)O)CCN(C(=O)NCC#Cc2cccc(C(F)(F)F)c2)C1. The van der Waals surface area contributed by atoms with Crippen molar-refractivity contribution in [1.82, 2.24) is 10.2 Å². The van der Waals surface area contributed by atoms with Gasteiger partial charge in [0.1, 0.15) is 0 Å². The zero-order valence-electron chi connectivity index (χ0n) is 13.5. The molecule has 1 aliphatic rings. The quantitative estimate of drug-likeness (QED) is 0.802. The van der Waals surface area contributed by atoms with Crippen LogP contribution in [0.3, 0.4) is 0 Å². The number of rotatable bonds is 2. The van der Waals surface area contributed by atoms with Crippen LogP contribution in [-0.2, 0) is 11.0 Å². The first-order valence-corrected chi connectivity index (χ1v) is 7.54. The van der Waals surface area contributed by atoms with Crippen molar-refractivity contribution in [3.05, 3.63) is 35.4 Å². The van der Waals surface area contributed by atoms with E-state index in [9.17, 15) is 22.8 Å². The maximum Gasteiger partial charge on any atom is 0.416 e. The highest BCUT2D eigenvalue weighted by molar-refractivity contribution is 5.79. The Kier molecular flexibility index (Phi) is 5.26. The zero-order valence-corrected chi connectivity index (χ0v) is 13.5. The van der Waals surface area contributed by atoms with Crippen molar-refractivity contribution in [2.24, 2.45) is 5.41 Å². The number of nitrogens with zero attached hydrogens (tertiary/aromatic N) is 1. The molecule has 2 amide bonds. The van der Waals surface area contributed by atoms with Crippen LogP contribution in [0.5, 0.6) is 0 Å². The maximum absolute atomic E-state index is 12.6. The number of alkyl halides is 3. The van der Waals surface area contributed by atoms with Crippen molar-refractivity contribution in [3.8, 4) is 11.8 Å². The van der Waals surface area contributed by atoms with Crippen molar-refractivity contribution in [2.75, 3.05) is 19.6 Å². The van der Waals surface area contributed by atoms with Crippen LogP contribution in [0.4, 0.5) is 18.0 Å². The Morgan fingerprint density at radius 1 is 1.40 bits per heavy atom. The van der Waals surface area contributed by atoms with Crippen LogP contribution >= 0.6 is 0 Å². The van der Waals surface area contributed by atoms with Gasteiger partial charge in [0, 0.05) is 18.7 Å². The van der Waals surface area contributed by atoms with E-state index in [2.05, 4.69) is 17.2 Å². The van der Waals surface area contributed by atoms with E-state index in [1.807, 2.05) is 0 Å². The predicted molar refractivity (Wildman–Crippen MR) is 83.7 cm³/mol. The van der Waals surface area contributed by atoms with Gasteiger partial charge in [0.25, 0.3) is 0 Å². The van der Waals surface area contributed by atoms with Crippen LogP contribution in [0.1, 0.15) is 24.5 Å². The molecule has 0 radical (unpaired) electrons. The van der Waals surface area contributed by atoms with E-state index in [1.54, 1.807) is 6.92 Å². The molecule has 25 heavy (non-hydrogen) atoms. The zero-order chi connectivity index (χ0) is 18.7. The molecule has 0 bridgehead atoms. The van der Waals surface area contributed by atoms with E-state index in [4.69, 9.17) is 5.11 Å². The van der Waals surface area contributed by atoms with Crippen LogP contribution in [0.2, 0.25) is 0 Å². The van der Waals surface area contributed by atoms with Crippen molar-refractivity contribution in [3.63, 3.8) is 0 Å². The van der Waals surface area contributed by atoms with Crippen LogP contribution in [0.15, 0.2) is 24.3 Å². The molecule has 1 aromatic carbocycles. The fourth-order valence-electron chi connectivity index (χ4n) is 2.46. The molecule has 1 aromatic rings. The maximum atomic E-state index is 12.6. The molecule has 0 saturated carbocycles. The number of urea groups is 1. The Morgan fingerprint density at radius 2 is 2.12 bits per heavy atom. The number of aliphatic carboxylic acids is 1. The van der Waals surface area contributed by atoms with E-state index in [1.165, 1.54) is 17.0 Å². The summed E-state index contributed by atoms with van der Waals surface area (Å²) in [5.74, 6) is 4.19. The number of hydrogen-bond donors (Lipinski definition) is 2. The molecule has 1 fully saturated rings. The Labute approximate surface area is 142 Å². The largest absolute Gasteiger partial charge is 0.481 e. The van der Waals surface area contributed by atoms with Gasteiger partial charge in [-0.1, -0.05) is 17.9 Å². The second-order valence-corrected chi connectivity index (χ2v) is 6.08.